The van der Waals surface area contributed by atoms with Crippen molar-refractivity contribution in [1.82, 2.24) is 10.6 Å². The van der Waals surface area contributed by atoms with Crippen molar-refractivity contribution in [2.75, 3.05) is 13.1 Å². The van der Waals surface area contributed by atoms with Gasteiger partial charge in [0, 0.05) is 25.4 Å². The van der Waals surface area contributed by atoms with Crippen molar-refractivity contribution in [3.63, 3.8) is 0 Å². The molecule has 0 bridgehead atoms. The lowest BCUT2D eigenvalue weighted by molar-refractivity contribution is -0.135. The average molecular weight is 361 g/mol. The summed E-state index contributed by atoms with van der Waals surface area (Å²) in [4.78, 5) is 18.6. The number of carbonyl (C=O) groups is 1. The van der Waals surface area contributed by atoms with Gasteiger partial charge in [-0.05, 0) is 50.4 Å². The van der Waals surface area contributed by atoms with Crippen molar-refractivity contribution < 1.29 is 14.0 Å². The zero-order valence-electron chi connectivity index (χ0n) is 15.6. The first-order chi connectivity index (χ1) is 12.5. The molecule has 0 saturated carbocycles. The molecule has 1 aromatic rings. The monoisotopic (exact) mass is 361 g/mol. The Kier molecular flexibility index (Phi) is 5.91. The van der Waals surface area contributed by atoms with Gasteiger partial charge in [-0.2, -0.15) is 0 Å². The third-order valence-corrected chi connectivity index (χ3v) is 5.47. The van der Waals surface area contributed by atoms with Crippen LogP contribution in [0.15, 0.2) is 29.4 Å². The molecule has 0 unspecified atom stereocenters. The lowest BCUT2D eigenvalue weighted by Gasteiger charge is -2.38. The summed E-state index contributed by atoms with van der Waals surface area (Å²) < 4.78 is 13.1. The van der Waals surface area contributed by atoms with E-state index < -0.39 is 5.41 Å². The number of oxime groups is 1. The molecule has 6 heteroatoms. The van der Waals surface area contributed by atoms with Gasteiger partial charge >= 0.3 is 0 Å². The fraction of sp³-hybridized carbons (Fsp3) is 0.600. The van der Waals surface area contributed by atoms with Crippen LogP contribution in [-0.4, -0.2) is 36.9 Å². The van der Waals surface area contributed by atoms with Crippen LogP contribution >= 0.6 is 0 Å². The van der Waals surface area contributed by atoms with Crippen LogP contribution < -0.4 is 10.6 Å². The van der Waals surface area contributed by atoms with Crippen molar-refractivity contribution in [2.45, 2.75) is 58.1 Å². The number of hydrogen-bond acceptors (Lipinski definition) is 4. The Labute approximate surface area is 154 Å². The quantitative estimate of drug-likeness (QED) is 0.819. The molecule has 2 aliphatic heterocycles. The molecule has 1 aromatic carbocycles. The minimum absolute atomic E-state index is 0.109. The molecule has 0 spiro atoms. The summed E-state index contributed by atoms with van der Waals surface area (Å²) >= 11 is 0. The van der Waals surface area contributed by atoms with E-state index in [-0.39, 0.29) is 23.9 Å². The highest BCUT2D eigenvalue weighted by Crippen LogP contribution is 2.35. The maximum atomic E-state index is 13.1. The Morgan fingerprint density at radius 1 is 1.46 bits per heavy atom. The first-order valence-electron chi connectivity index (χ1n) is 9.53. The van der Waals surface area contributed by atoms with Gasteiger partial charge < -0.3 is 15.5 Å². The minimum Gasteiger partial charge on any atom is -0.392 e. The van der Waals surface area contributed by atoms with Crippen LogP contribution in [0, 0.1) is 11.2 Å². The first kappa shape index (κ1) is 18.8. The maximum absolute atomic E-state index is 13.1. The molecule has 26 heavy (non-hydrogen) atoms. The second kappa shape index (κ2) is 8.16. The number of amides is 1. The third kappa shape index (κ3) is 4.23. The molecular weight excluding hydrogens is 333 g/mol. The van der Waals surface area contributed by atoms with Gasteiger partial charge in [0.25, 0.3) is 0 Å². The standard InChI is InChI=1S/C20H28FN3O2/c1-3-14(2)23-19(25)20(9-4-10-22-13-20)12-17-11-18(24-26-17)15-5-7-16(21)8-6-15/h5-8,14,17,22H,3-4,9-13H2,1-2H3,(H,23,25)/t14-,17+,20-/m0/s1. The topological polar surface area (TPSA) is 62.7 Å². The van der Waals surface area contributed by atoms with E-state index in [0.717, 1.165) is 37.1 Å². The molecule has 3 rings (SSSR count). The fourth-order valence-electron chi connectivity index (χ4n) is 3.69. The number of nitrogens with zero attached hydrogens (tertiary/aromatic N) is 1. The molecule has 2 N–H and O–H groups in total. The molecule has 5 nitrogen and oxygen atoms in total. The lowest BCUT2D eigenvalue weighted by Crippen LogP contribution is -2.53. The van der Waals surface area contributed by atoms with Crippen molar-refractivity contribution >= 4 is 11.6 Å². The lowest BCUT2D eigenvalue weighted by atomic mass is 9.74. The summed E-state index contributed by atoms with van der Waals surface area (Å²) in [7, 11) is 0. The molecule has 0 radical (unpaired) electrons. The van der Waals surface area contributed by atoms with Gasteiger partial charge in [-0.1, -0.05) is 24.2 Å². The number of carbonyl (C=O) groups excluding carboxylic acids is 1. The summed E-state index contributed by atoms with van der Waals surface area (Å²) in [6.07, 6.45) is 3.89. The molecule has 2 heterocycles. The molecule has 0 aliphatic carbocycles. The van der Waals surface area contributed by atoms with E-state index in [0.29, 0.717) is 19.4 Å². The van der Waals surface area contributed by atoms with Crippen LogP contribution in [0.25, 0.3) is 0 Å². The predicted octanol–water partition coefficient (Wildman–Crippen LogP) is 2.99. The van der Waals surface area contributed by atoms with Gasteiger partial charge in [-0.15, -0.1) is 0 Å². The van der Waals surface area contributed by atoms with E-state index in [4.69, 9.17) is 4.84 Å². The highest BCUT2D eigenvalue weighted by molar-refractivity contribution is 6.01. The Bertz CT molecular complexity index is 654. The molecule has 1 amide bonds. The highest BCUT2D eigenvalue weighted by Gasteiger charge is 2.43. The second-order valence-corrected chi connectivity index (χ2v) is 7.52. The van der Waals surface area contributed by atoms with Crippen molar-refractivity contribution in [3.05, 3.63) is 35.6 Å². The molecule has 2 aliphatic rings. The molecule has 1 saturated heterocycles. The number of nitrogens with one attached hydrogen (secondary N) is 2. The Balaban J connectivity index is 1.66. The van der Waals surface area contributed by atoms with E-state index in [2.05, 4.69) is 22.7 Å². The number of piperidine rings is 1. The largest absolute Gasteiger partial charge is 0.392 e. The van der Waals surface area contributed by atoms with E-state index in [1.165, 1.54) is 12.1 Å². The van der Waals surface area contributed by atoms with Gasteiger partial charge in [0.1, 0.15) is 11.9 Å². The Morgan fingerprint density at radius 3 is 2.88 bits per heavy atom. The smallest absolute Gasteiger partial charge is 0.227 e. The molecule has 3 atom stereocenters. The summed E-state index contributed by atoms with van der Waals surface area (Å²) in [6.45, 7) is 5.71. The second-order valence-electron chi connectivity index (χ2n) is 7.52. The molecule has 0 aromatic heterocycles. The van der Waals surface area contributed by atoms with E-state index in [1.807, 2.05) is 6.92 Å². The van der Waals surface area contributed by atoms with E-state index in [9.17, 15) is 9.18 Å². The Hall–Kier alpha value is -1.95. The van der Waals surface area contributed by atoms with Crippen molar-refractivity contribution in [2.24, 2.45) is 10.6 Å². The number of rotatable bonds is 6. The summed E-state index contributed by atoms with van der Waals surface area (Å²) in [5.41, 5.74) is 1.23. The predicted molar refractivity (Wildman–Crippen MR) is 99.5 cm³/mol. The molecule has 1 fully saturated rings. The number of benzene rings is 1. The van der Waals surface area contributed by atoms with E-state index >= 15 is 0 Å². The number of hydrogen-bond donors (Lipinski definition) is 2. The van der Waals surface area contributed by atoms with Crippen LogP contribution in [0.5, 0.6) is 0 Å². The highest BCUT2D eigenvalue weighted by atomic mass is 19.1. The molecule has 142 valence electrons. The summed E-state index contributed by atoms with van der Waals surface area (Å²) in [6, 6.07) is 6.45. The van der Waals surface area contributed by atoms with Gasteiger partial charge in [0.15, 0.2) is 0 Å². The fourth-order valence-corrected chi connectivity index (χ4v) is 3.69. The van der Waals surface area contributed by atoms with Crippen LogP contribution in [0.2, 0.25) is 0 Å². The van der Waals surface area contributed by atoms with Gasteiger partial charge in [0.05, 0.1) is 11.1 Å². The van der Waals surface area contributed by atoms with Crippen LogP contribution in [0.1, 0.15) is 51.5 Å². The summed E-state index contributed by atoms with van der Waals surface area (Å²) in [5, 5.41) is 10.7. The van der Waals surface area contributed by atoms with Crippen LogP contribution in [0.4, 0.5) is 4.39 Å². The van der Waals surface area contributed by atoms with Crippen molar-refractivity contribution in [3.8, 4) is 0 Å². The first-order valence-corrected chi connectivity index (χ1v) is 9.53. The number of halogens is 1. The zero-order chi connectivity index (χ0) is 18.6. The normalized spacial score (nSPS) is 26.7. The van der Waals surface area contributed by atoms with Gasteiger partial charge in [0.2, 0.25) is 5.91 Å². The average Bonchev–Trinajstić information content (AvgIpc) is 3.11. The molecular formula is C20H28FN3O2. The minimum atomic E-state index is -0.458. The van der Waals surface area contributed by atoms with E-state index in [1.54, 1.807) is 12.1 Å². The van der Waals surface area contributed by atoms with Gasteiger partial charge in [-0.3, -0.25) is 4.79 Å². The van der Waals surface area contributed by atoms with Gasteiger partial charge in [-0.25, -0.2) is 4.39 Å². The Morgan fingerprint density at radius 2 is 2.23 bits per heavy atom. The third-order valence-electron chi connectivity index (χ3n) is 5.47. The van der Waals surface area contributed by atoms with Crippen molar-refractivity contribution in [1.29, 1.82) is 0 Å². The maximum Gasteiger partial charge on any atom is 0.227 e. The van der Waals surface area contributed by atoms with Crippen LogP contribution in [0.3, 0.4) is 0 Å². The SMILES string of the molecule is CC[C@H](C)NC(=O)[C@]1(C[C@H]2CC(c3ccc(F)cc3)=NO2)CCCNC1. The van der Waals surface area contributed by atoms with Crippen LogP contribution in [-0.2, 0) is 9.63 Å². The summed E-state index contributed by atoms with van der Waals surface area (Å²) in [5.74, 6) is -0.156. The zero-order valence-corrected chi connectivity index (χ0v) is 15.6.